The normalized spacial score (nSPS) is 24.6. The first-order valence-electron chi connectivity index (χ1n) is 13.0. The molecule has 2 atom stereocenters. The average molecular weight is 507 g/mol. The second kappa shape index (κ2) is 10.2. The third-order valence-electron chi connectivity index (χ3n) is 8.22. The van der Waals surface area contributed by atoms with Crippen LogP contribution in [0.2, 0.25) is 0 Å². The van der Waals surface area contributed by atoms with Crippen LogP contribution in [0.4, 0.5) is 13.2 Å². The van der Waals surface area contributed by atoms with Crippen molar-refractivity contribution in [3.63, 3.8) is 0 Å². The van der Waals surface area contributed by atoms with E-state index in [1.807, 2.05) is 4.90 Å². The van der Waals surface area contributed by atoms with E-state index in [-0.39, 0.29) is 23.3 Å². The summed E-state index contributed by atoms with van der Waals surface area (Å²) < 4.78 is 40.6. The molecule has 1 aromatic rings. The maximum atomic E-state index is 13.5. The Hall–Kier alpha value is -2.35. The first-order chi connectivity index (χ1) is 16.8. The van der Waals surface area contributed by atoms with E-state index in [2.05, 4.69) is 25.7 Å². The van der Waals surface area contributed by atoms with Crippen LogP contribution >= 0.6 is 0 Å². The van der Waals surface area contributed by atoms with Gasteiger partial charge in [0, 0.05) is 25.2 Å². The summed E-state index contributed by atoms with van der Waals surface area (Å²) in [4.78, 5) is 28.8. The highest BCUT2D eigenvalue weighted by molar-refractivity contribution is 5.79. The number of piperidine rings is 1. The van der Waals surface area contributed by atoms with Crippen molar-refractivity contribution in [2.75, 3.05) is 26.2 Å². The number of benzene rings is 1. The predicted octanol–water partition coefficient (Wildman–Crippen LogP) is 5.80. The van der Waals surface area contributed by atoms with Crippen molar-refractivity contribution in [3.05, 3.63) is 41.0 Å². The fraction of sp³-hybridized carbons (Fsp3) is 0.643. The van der Waals surface area contributed by atoms with E-state index in [1.165, 1.54) is 6.07 Å². The lowest BCUT2D eigenvalue weighted by Crippen LogP contribution is -2.44. The topological polar surface area (TPSA) is 60.9 Å². The van der Waals surface area contributed by atoms with E-state index < -0.39 is 23.6 Å². The number of carboxylic acid groups (broad SMARTS) is 1. The zero-order chi connectivity index (χ0) is 26.3. The number of rotatable bonds is 4. The van der Waals surface area contributed by atoms with E-state index in [0.29, 0.717) is 50.8 Å². The number of carboxylic acids is 1. The summed E-state index contributed by atoms with van der Waals surface area (Å²) in [6.45, 7) is 9.40. The highest BCUT2D eigenvalue weighted by Gasteiger charge is 2.38. The van der Waals surface area contributed by atoms with Crippen LogP contribution in [-0.2, 0) is 15.8 Å². The number of carbonyl (C=O) groups is 2. The predicted molar refractivity (Wildman–Crippen MR) is 132 cm³/mol. The molecule has 3 aliphatic rings. The quantitative estimate of drug-likeness (QED) is 0.561. The number of allylic oxidation sites excluding steroid dienone is 2. The van der Waals surface area contributed by atoms with Gasteiger partial charge in [0.1, 0.15) is 0 Å². The second-order valence-corrected chi connectivity index (χ2v) is 11.5. The van der Waals surface area contributed by atoms with E-state index in [9.17, 15) is 27.9 Å². The maximum absolute atomic E-state index is 13.5. The molecule has 2 heterocycles. The summed E-state index contributed by atoms with van der Waals surface area (Å²) in [6, 6.07) is 3.99. The SMILES string of the molecule is CC(C)(C)N1CC[C@H](C(=O)N2CCC(c3ccc(C(F)(F)F)cc3C3=CCC(C(=O)O)CC3)CC2)C1. The highest BCUT2D eigenvalue weighted by atomic mass is 19.4. The summed E-state index contributed by atoms with van der Waals surface area (Å²) >= 11 is 0. The fourth-order valence-corrected chi connectivity index (χ4v) is 5.91. The molecule has 0 saturated carbocycles. The molecular weight excluding hydrogens is 469 g/mol. The number of aliphatic carboxylic acids is 1. The minimum absolute atomic E-state index is 0.0111. The van der Waals surface area contributed by atoms with Gasteiger partial charge in [0.05, 0.1) is 17.4 Å². The lowest BCUT2D eigenvalue weighted by molar-refractivity contribution is -0.142. The van der Waals surface area contributed by atoms with E-state index in [0.717, 1.165) is 36.7 Å². The molecule has 1 amide bonds. The molecule has 1 unspecified atom stereocenters. The van der Waals surface area contributed by atoms with Crippen molar-refractivity contribution in [1.82, 2.24) is 9.80 Å². The van der Waals surface area contributed by atoms with Crippen LogP contribution in [0.5, 0.6) is 0 Å². The first-order valence-corrected chi connectivity index (χ1v) is 13.0. The van der Waals surface area contributed by atoms with Crippen molar-refractivity contribution < 1.29 is 27.9 Å². The Bertz CT molecular complexity index is 1020. The lowest BCUT2D eigenvalue weighted by Gasteiger charge is -2.36. The number of carbonyl (C=O) groups excluding carboxylic acids is 1. The van der Waals surface area contributed by atoms with Crippen LogP contribution in [-0.4, -0.2) is 58.5 Å². The van der Waals surface area contributed by atoms with Gasteiger partial charge in [-0.25, -0.2) is 0 Å². The molecule has 8 heteroatoms. The summed E-state index contributed by atoms with van der Waals surface area (Å²) in [7, 11) is 0. The van der Waals surface area contributed by atoms with Gasteiger partial charge in [-0.1, -0.05) is 12.1 Å². The van der Waals surface area contributed by atoms with Gasteiger partial charge in [-0.2, -0.15) is 13.2 Å². The fourth-order valence-electron chi connectivity index (χ4n) is 5.91. The van der Waals surface area contributed by atoms with Crippen LogP contribution in [0.3, 0.4) is 0 Å². The van der Waals surface area contributed by atoms with Gasteiger partial charge in [-0.05, 0) is 101 Å². The first kappa shape index (κ1) is 26.7. The van der Waals surface area contributed by atoms with Gasteiger partial charge in [0.2, 0.25) is 5.91 Å². The van der Waals surface area contributed by atoms with Crippen molar-refractivity contribution in [3.8, 4) is 0 Å². The minimum atomic E-state index is -4.44. The van der Waals surface area contributed by atoms with Gasteiger partial charge >= 0.3 is 12.1 Å². The molecule has 2 fully saturated rings. The molecular formula is C28H37F3N2O3. The van der Waals surface area contributed by atoms with Crippen molar-refractivity contribution in [2.24, 2.45) is 11.8 Å². The molecule has 0 radical (unpaired) electrons. The average Bonchev–Trinajstić information content (AvgIpc) is 3.34. The standard InChI is InChI=1S/C28H37F3N2O3/c1-27(2,3)33-15-12-21(17-33)25(34)32-13-10-19(11-14-32)23-9-8-22(28(29,30)31)16-24(23)18-4-6-20(7-5-18)26(35)36/h4,8-9,16,19-21H,5-7,10-15,17H2,1-3H3,(H,35,36)/t20?,21-/m0/s1. The van der Waals surface area contributed by atoms with Gasteiger partial charge in [0.15, 0.2) is 0 Å². The Morgan fingerprint density at radius 3 is 2.19 bits per heavy atom. The Morgan fingerprint density at radius 2 is 1.67 bits per heavy atom. The van der Waals surface area contributed by atoms with Gasteiger partial charge in [-0.15, -0.1) is 0 Å². The van der Waals surface area contributed by atoms with Gasteiger partial charge < -0.3 is 10.0 Å². The monoisotopic (exact) mass is 506 g/mol. The van der Waals surface area contributed by atoms with E-state index in [4.69, 9.17) is 0 Å². The number of hydrogen-bond acceptors (Lipinski definition) is 3. The largest absolute Gasteiger partial charge is 0.481 e. The molecule has 0 aromatic heterocycles. The van der Waals surface area contributed by atoms with Crippen LogP contribution in [0, 0.1) is 11.8 Å². The second-order valence-electron chi connectivity index (χ2n) is 11.5. The Kier molecular flexibility index (Phi) is 7.56. The number of amides is 1. The van der Waals surface area contributed by atoms with E-state index in [1.54, 1.807) is 12.1 Å². The number of hydrogen-bond donors (Lipinski definition) is 1. The number of nitrogens with zero attached hydrogens (tertiary/aromatic N) is 2. The molecule has 4 rings (SSSR count). The van der Waals surface area contributed by atoms with Gasteiger partial charge in [0.25, 0.3) is 0 Å². The Labute approximate surface area is 211 Å². The molecule has 0 bridgehead atoms. The van der Waals surface area contributed by atoms with Crippen LogP contribution < -0.4 is 0 Å². The third-order valence-corrected chi connectivity index (χ3v) is 8.22. The minimum Gasteiger partial charge on any atom is -0.481 e. The number of likely N-dealkylation sites (tertiary alicyclic amines) is 2. The lowest BCUT2D eigenvalue weighted by atomic mass is 9.79. The third kappa shape index (κ3) is 5.79. The van der Waals surface area contributed by atoms with Crippen LogP contribution in [0.1, 0.15) is 81.9 Å². The molecule has 0 spiro atoms. The van der Waals surface area contributed by atoms with Gasteiger partial charge in [-0.3, -0.25) is 14.5 Å². The van der Waals surface area contributed by atoms with Crippen molar-refractivity contribution in [1.29, 1.82) is 0 Å². The smallest absolute Gasteiger partial charge is 0.416 e. The van der Waals surface area contributed by atoms with E-state index >= 15 is 0 Å². The van der Waals surface area contributed by atoms with Crippen molar-refractivity contribution in [2.45, 2.75) is 76.9 Å². The molecule has 2 saturated heterocycles. The number of halogens is 3. The maximum Gasteiger partial charge on any atom is 0.416 e. The molecule has 198 valence electrons. The molecule has 1 N–H and O–H groups in total. The van der Waals surface area contributed by atoms with Crippen LogP contribution in [0.25, 0.3) is 5.57 Å². The zero-order valence-corrected chi connectivity index (χ0v) is 21.4. The Morgan fingerprint density at radius 1 is 0.972 bits per heavy atom. The highest BCUT2D eigenvalue weighted by Crippen LogP contribution is 2.41. The summed E-state index contributed by atoms with van der Waals surface area (Å²) in [6.07, 6.45) is 0.872. The summed E-state index contributed by atoms with van der Waals surface area (Å²) in [5.74, 6) is -1.07. The Balaban J connectivity index is 1.48. The molecule has 2 aliphatic heterocycles. The zero-order valence-electron chi connectivity index (χ0n) is 21.4. The molecule has 36 heavy (non-hydrogen) atoms. The molecule has 1 aliphatic carbocycles. The van der Waals surface area contributed by atoms with Crippen LogP contribution in [0.15, 0.2) is 24.3 Å². The summed E-state index contributed by atoms with van der Waals surface area (Å²) in [5, 5.41) is 9.29. The molecule has 5 nitrogen and oxygen atoms in total. The number of alkyl halides is 3. The molecule has 1 aromatic carbocycles. The van der Waals surface area contributed by atoms with Crippen molar-refractivity contribution >= 4 is 17.4 Å². The summed E-state index contributed by atoms with van der Waals surface area (Å²) in [5.41, 5.74) is 1.64.